The first-order valence-electron chi connectivity index (χ1n) is 5.49. The van der Waals surface area contributed by atoms with Crippen LogP contribution in [-0.2, 0) is 4.43 Å². The van der Waals surface area contributed by atoms with Gasteiger partial charge in [0.15, 0.2) is 8.32 Å². The zero-order valence-electron chi connectivity index (χ0n) is 10.8. The van der Waals surface area contributed by atoms with Gasteiger partial charge in [-0.3, -0.25) is 0 Å². The molecule has 0 saturated heterocycles. The largest absolute Gasteiger partial charge is 0.403 e. The lowest BCUT2D eigenvalue weighted by Gasteiger charge is -2.38. The van der Waals surface area contributed by atoms with Crippen LogP contribution in [0.2, 0.25) is 18.1 Å². The fourth-order valence-corrected chi connectivity index (χ4v) is 2.23. The molecule has 0 radical (unpaired) electrons. The van der Waals surface area contributed by atoms with E-state index >= 15 is 0 Å². The summed E-state index contributed by atoms with van der Waals surface area (Å²) < 4.78 is 6.11. The molecule has 86 valence electrons. The first kappa shape index (κ1) is 14.5. The molecule has 0 amide bonds. The molecule has 0 aromatic heterocycles. The minimum absolute atomic E-state index is 0.0520. The van der Waals surface area contributed by atoms with Gasteiger partial charge in [-0.25, -0.2) is 0 Å². The molecule has 1 atom stereocenters. The predicted molar refractivity (Wildman–Crippen MR) is 70.3 cm³/mol. The molecular formula is C13H24OSi. The van der Waals surface area contributed by atoms with Crippen LogP contribution in [-0.4, -0.2) is 14.4 Å². The average Bonchev–Trinajstić information content (AvgIpc) is 2.10. The fourth-order valence-electron chi connectivity index (χ4n) is 0.978. The number of terminal acetylenes is 1. The second-order valence-electron chi connectivity index (χ2n) is 5.40. The maximum absolute atomic E-state index is 6.11. The van der Waals surface area contributed by atoms with Gasteiger partial charge in [-0.1, -0.05) is 32.8 Å². The van der Waals surface area contributed by atoms with E-state index in [2.05, 4.69) is 46.4 Å². The molecule has 0 rings (SSSR count). The van der Waals surface area contributed by atoms with Gasteiger partial charge >= 0.3 is 0 Å². The highest BCUT2D eigenvalue weighted by Crippen LogP contribution is 2.37. The van der Waals surface area contributed by atoms with Crippen molar-refractivity contribution in [1.29, 1.82) is 0 Å². The Kier molecular flexibility index (Phi) is 5.34. The van der Waals surface area contributed by atoms with E-state index in [-0.39, 0.29) is 11.1 Å². The van der Waals surface area contributed by atoms with Crippen LogP contribution >= 0.6 is 0 Å². The van der Waals surface area contributed by atoms with E-state index in [1.54, 1.807) is 0 Å². The normalized spacial score (nSPS) is 14.4. The lowest BCUT2D eigenvalue weighted by Crippen LogP contribution is -2.43. The Morgan fingerprint density at radius 2 is 2.00 bits per heavy atom. The third-order valence-corrected chi connectivity index (χ3v) is 7.55. The Balaban J connectivity index is 4.42. The van der Waals surface area contributed by atoms with Gasteiger partial charge in [0, 0.05) is 0 Å². The summed E-state index contributed by atoms with van der Waals surface area (Å²) in [4.78, 5) is 0. The van der Waals surface area contributed by atoms with E-state index < -0.39 is 8.32 Å². The van der Waals surface area contributed by atoms with Crippen molar-refractivity contribution < 1.29 is 4.43 Å². The van der Waals surface area contributed by atoms with Crippen LogP contribution in [0, 0.1) is 12.3 Å². The lowest BCUT2D eigenvalue weighted by molar-refractivity contribution is 0.225. The van der Waals surface area contributed by atoms with Gasteiger partial charge in [-0.2, -0.15) is 0 Å². The zero-order valence-corrected chi connectivity index (χ0v) is 11.8. The molecule has 0 fully saturated rings. The Labute approximate surface area is 96.0 Å². The summed E-state index contributed by atoms with van der Waals surface area (Å²) in [5, 5.41) is 0.219. The van der Waals surface area contributed by atoms with Crippen LogP contribution < -0.4 is 0 Å². The molecule has 15 heavy (non-hydrogen) atoms. The van der Waals surface area contributed by atoms with E-state index in [0.29, 0.717) is 0 Å². The Hall–Kier alpha value is -0.523. The Morgan fingerprint density at radius 3 is 2.33 bits per heavy atom. The van der Waals surface area contributed by atoms with Crippen molar-refractivity contribution in [3.8, 4) is 12.3 Å². The minimum Gasteiger partial charge on any atom is -0.403 e. The monoisotopic (exact) mass is 224 g/mol. The van der Waals surface area contributed by atoms with Gasteiger partial charge in [-0.05, 0) is 31.0 Å². The van der Waals surface area contributed by atoms with Crippen molar-refractivity contribution in [2.24, 2.45) is 0 Å². The molecule has 0 bridgehead atoms. The second-order valence-corrected chi connectivity index (χ2v) is 10.2. The van der Waals surface area contributed by atoms with Crippen LogP contribution in [0.25, 0.3) is 0 Å². The number of hydrogen-bond donors (Lipinski definition) is 0. The highest BCUT2D eigenvalue weighted by Gasteiger charge is 2.38. The molecule has 0 aliphatic heterocycles. The van der Waals surface area contributed by atoms with Crippen molar-refractivity contribution in [2.45, 2.75) is 57.8 Å². The maximum atomic E-state index is 6.11. The van der Waals surface area contributed by atoms with Gasteiger partial charge in [0.1, 0.15) is 6.10 Å². The smallest absolute Gasteiger partial charge is 0.193 e. The molecule has 0 aromatic carbocycles. The summed E-state index contributed by atoms with van der Waals surface area (Å²) >= 11 is 0. The topological polar surface area (TPSA) is 9.23 Å². The molecule has 0 aromatic rings. The minimum atomic E-state index is -1.72. The third-order valence-electron chi connectivity index (χ3n) is 3.06. The number of hydrogen-bond acceptors (Lipinski definition) is 1. The quantitative estimate of drug-likeness (QED) is 0.390. The molecule has 0 N–H and O–H groups in total. The van der Waals surface area contributed by atoms with Gasteiger partial charge < -0.3 is 4.43 Å². The highest BCUT2D eigenvalue weighted by molar-refractivity contribution is 6.74. The average molecular weight is 224 g/mol. The van der Waals surface area contributed by atoms with Crippen molar-refractivity contribution in [2.75, 3.05) is 0 Å². The van der Waals surface area contributed by atoms with Crippen molar-refractivity contribution in [1.82, 2.24) is 0 Å². The lowest BCUT2D eigenvalue weighted by atomic mass is 10.2. The summed E-state index contributed by atoms with van der Waals surface area (Å²) in [6, 6.07) is 0. The van der Waals surface area contributed by atoms with Crippen LogP contribution in [0.3, 0.4) is 0 Å². The van der Waals surface area contributed by atoms with Gasteiger partial charge in [-0.15, -0.1) is 13.0 Å². The van der Waals surface area contributed by atoms with Gasteiger partial charge in [0.2, 0.25) is 0 Å². The summed E-state index contributed by atoms with van der Waals surface area (Å²) in [6.07, 6.45) is 9.11. The molecule has 0 saturated carbocycles. The van der Waals surface area contributed by atoms with E-state index in [0.717, 1.165) is 12.8 Å². The molecule has 0 spiro atoms. The highest BCUT2D eigenvalue weighted by atomic mass is 28.4. The summed E-state index contributed by atoms with van der Waals surface area (Å²) in [6.45, 7) is 14.8. The molecule has 2 heteroatoms. The van der Waals surface area contributed by atoms with Crippen LogP contribution in [0.15, 0.2) is 12.7 Å². The fraction of sp³-hybridized carbons (Fsp3) is 0.692. The Morgan fingerprint density at radius 1 is 1.47 bits per heavy atom. The molecule has 0 heterocycles. The summed E-state index contributed by atoms with van der Waals surface area (Å²) in [5.41, 5.74) is 0. The SMILES string of the molecule is C#C[C@H](CCC=C)O[Si](C)(C)C(C)(C)C. The Bertz CT molecular complexity index is 242. The van der Waals surface area contributed by atoms with Crippen molar-refractivity contribution in [3.05, 3.63) is 12.7 Å². The van der Waals surface area contributed by atoms with Crippen LogP contribution in [0.4, 0.5) is 0 Å². The third kappa shape index (κ3) is 4.68. The van der Waals surface area contributed by atoms with Crippen molar-refractivity contribution >= 4 is 8.32 Å². The number of allylic oxidation sites excluding steroid dienone is 1. The summed E-state index contributed by atoms with van der Waals surface area (Å²) in [5.74, 6) is 2.73. The van der Waals surface area contributed by atoms with Crippen LogP contribution in [0.5, 0.6) is 0 Å². The molecule has 0 unspecified atom stereocenters. The first-order valence-corrected chi connectivity index (χ1v) is 8.40. The maximum Gasteiger partial charge on any atom is 0.193 e. The van der Waals surface area contributed by atoms with Crippen molar-refractivity contribution in [3.63, 3.8) is 0 Å². The van der Waals surface area contributed by atoms with E-state index in [1.165, 1.54) is 0 Å². The van der Waals surface area contributed by atoms with Gasteiger partial charge in [0.25, 0.3) is 0 Å². The molecule has 0 aliphatic carbocycles. The molecule has 0 aliphatic rings. The van der Waals surface area contributed by atoms with Crippen LogP contribution in [0.1, 0.15) is 33.6 Å². The second kappa shape index (κ2) is 5.53. The first-order chi connectivity index (χ1) is 6.74. The van der Waals surface area contributed by atoms with E-state index in [9.17, 15) is 0 Å². The molecular weight excluding hydrogens is 200 g/mol. The standard InChI is InChI=1S/C13H24OSi/c1-8-10-11-12(9-2)14-15(6,7)13(3,4)5/h2,8,12H,1,10-11H2,3-7H3/t12-/m1/s1. The van der Waals surface area contributed by atoms with E-state index in [1.807, 2.05) is 6.08 Å². The molecule has 1 nitrogen and oxygen atoms in total. The summed E-state index contributed by atoms with van der Waals surface area (Å²) in [7, 11) is -1.72. The zero-order chi connectivity index (χ0) is 12.1. The van der Waals surface area contributed by atoms with E-state index in [4.69, 9.17) is 10.8 Å². The number of rotatable bonds is 5. The predicted octanol–water partition coefficient (Wildman–Crippen LogP) is 3.98. The van der Waals surface area contributed by atoms with Gasteiger partial charge in [0.05, 0.1) is 0 Å².